The minimum Gasteiger partial charge on any atom is -0.379 e. The largest absolute Gasteiger partial charge is 0.379 e. The van der Waals surface area contributed by atoms with Gasteiger partial charge in [-0.25, -0.2) is 8.42 Å². The first-order valence-corrected chi connectivity index (χ1v) is 12.6. The van der Waals surface area contributed by atoms with Gasteiger partial charge in [0.25, 0.3) is 0 Å². The van der Waals surface area contributed by atoms with Crippen LogP contribution in [0.25, 0.3) is 0 Å². The van der Waals surface area contributed by atoms with Gasteiger partial charge in [-0.05, 0) is 67.7 Å². The van der Waals surface area contributed by atoms with Crippen molar-refractivity contribution in [3.63, 3.8) is 0 Å². The summed E-state index contributed by atoms with van der Waals surface area (Å²) in [5.41, 5.74) is 2.00. The highest BCUT2D eigenvalue weighted by molar-refractivity contribution is 7.89. The van der Waals surface area contributed by atoms with Gasteiger partial charge in [0.2, 0.25) is 10.0 Å². The lowest BCUT2D eigenvalue weighted by Gasteiger charge is -2.32. The molecule has 1 saturated heterocycles. The normalized spacial score (nSPS) is 18.4. The molecule has 166 valence electrons. The van der Waals surface area contributed by atoms with E-state index >= 15 is 0 Å². The Balaban J connectivity index is 1.45. The van der Waals surface area contributed by atoms with Crippen molar-refractivity contribution in [3.05, 3.63) is 60.2 Å². The lowest BCUT2D eigenvalue weighted by Crippen LogP contribution is -2.42. The Morgan fingerprint density at radius 1 is 1.13 bits per heavy atom. The first-order valence-electron chi connectivity index (χ1n) is 10.7. The summed E-state index contributed by atoms with van der Waals surface area (Å²) in [6.07, 6.45) is 2.48. The molecule has 1 saturated carbocycles. The van der Waals surface area contributed by atoms with Crippen LogP contribution in [0.2, 0.25) is 0 Å². The molecular weight excluding hydrogens is 430 g/mol. The number of morpholine rings is 1. The van der Waals surface area contributed by atoms with Crippen LogP contribution in [0.3, 0.4) is 0 Å². The van der Waals surface area contributed by atoms with Crippen molar-refractivity contribution in [3.8, 4) is 0 Å². The number of nitrogens with one attached hydrogen (secondary N) is 1. The van der Waals surface area contributed by atoms with Crippen molar-refractivity contribution in [2.75, 3.05) is 31.6 Å². The summed E-state index contributed by atoms with van der Waals surface area (Å²) >= 11 is 5.76. The number of nitrogens with zero attached hydrogens (tertiary/aromatic N) is 2. The number of ether oxygens (including phenoxy) is 1. The number of rotatable bonds is 7. The molecule has 1 atom stereocenters. The van der Waals surface area contributed by atoms with Crippen molar-refractivity contribution in [1.29, 1.82) is 0 Å². The first kappa shape index (κ1) is 22.2. The molecule has 0 bridgehead atoms. The molecule has 0 spiro atoms. The summed E-state index contributed by atoms with van der Waals surface area (Å²) in [6.45, 7) is 4.62. The molecule has 6 nitrogen and oxygen atoms in total. The quantitative estimate of drug-likeness (QED) is 0.637. The Hall–Kier alpha value is -2.00. The Morgan fingerprint density at radius 3 is 2.39 bits per heavy atom. The monoisotopic (exact) mass is 459 g/mol. The summed E-state index contributed by atoms with van der Waals surface area (Å²) in [6, 6.07) is 17.5. The maximum Gasteiger partial charge on any atom is 0.243 e. The van der Waals surface area contributed by atoms with Gasteiger partial charge in [-0.1, -0.05) is 30.3 Å². The lowest BCUT2D eigenvalue weighted by atomic mass is 10.1. The fraction of sp³-hybridized carbons (Fsp3) is 0.435. The number of benzene rings is 2. The smallest absolute Gasteiger partial charge is 0.243 e. The van der Waals surface area contributed by atoms with Gasteiger partial charge in [0, 0.05) is 31.4 Å². The van der Waals surface area contributed by atoms with E-state index in [0.717, 1.165) is 12.2 Å². The Kier molecular flexibility index (Phi) is 6.91. The predicted octanol–water partition coefficient (Wildman–Crippen LogP) is 3.71. The second kappa shape index (κ2) is 9.65. The predicted molar refractivity (Wildman–Crippen MR) is 126 cm³/mol. The zero-order chi connectivity index (χ0) is 21.8. The molecule has 1 N–H and O–H groups in total. The van der Waals surface area contributed by atoms with Crippen molar-refractivity contribution in [2.24, 2.45) is 5.92 Å². The molecule has 0 aromatic heterocycles. The van der Waals surface area contributed by atoms with Crippen molar-refractivity contribution < 1.29 is 13.2 Å². The van der Waals surface area contributed by atoms with Crippen molar-refractivity contribution in [2.45, 2.75) is 37.2 Å². The van der Waals surface area contributed by atoms with Gasteiger partial charge in [0.05, 0.1) is 18.1 Å². The van der Waals surface area contributed by atoms with E-state index in [-0.39, 0.29) is 0 Å². The van der Waals surface area contributed by atoms with Gasteiger partial charge in [-0.15, -0.1) is 0 Å². The first-order chi connectivity index (χ1) is 14.9. The van der Waals surface area contributed by atoms with E-state index in [9.17, 15) is 8.42 Å². The fourth-order valence-corrected chi connectivity index (χ4v) is 5.61. The molecule has 8 heteroatoms. The Labute approximate surface area is 190 Å². The van der Waals surface area contributed by atoms with Gasteiger partial charge in [-0.3, -0.25) is 0 Å². The fourth-order valence-electron chi connectivity index (χ4n) is 3.86. The zero-order valence-electron chi connectivity index (χ0n) is 17.7. The molecule has 4 rings (SSSR count). The highest BCUT2D eigenvalue weighted by atomic mass is 32.2. The van der Waals surface area contributed by atoms with E-state index in [1.165, 1.54) is 22.7 Å². The molecule has 1 heterocycles. The van der Waals surface area contributed by atoms with E-state index in [0.29, 0.717) is 48.3 Å². The molecule has 2 aromatic carbocycles. The Morgan fingerprint density at radius 2 is 1.77 bits per heavy atom. The number of thiocarbonyl (C=S) groups is 1. The Bertz CT molecular complexity index is 986. The van der Waals surface area contributed by atoms with Crippen LogP contribution >= 0.6 is 12.2 Å². The second-order valence-corrected chi connectivity index (χ2v) is 10.5. The summed E-state index contributed by atoms with van der Waals surface area (Å²) in [5.74, 6) is 0.671. The molecule has 31 heavy (non-hydrogen) atoms. The minimum absolute atomic E-state index is 0.290. The van der Waals surface area contributed by atoms with Crippen LogP contribution in [-0.4, -0.2) is 55.1 Å². The van der Waals surface area contributed by atoms with E-state index in [4.69, 9.17) is 17.0 Å². The maximum absolute atomic E-state index is 12.8. The molecule has 2 aliphatic rings. The number of hydrogen-bond donors (Lipinski definition) is 1. The molecule has 0 amide bonds. The van der Waals surface area contributed by atoms with Crippen LogP contribution in [-0.2, 0) is 21.3 Å². The van der Waals surface area contributed by atoms with Crippen LogP contribution < -0.4 is 5.32 Å². The van der Waals surface area contributed by atoms with Crippen LogP contribution in [0, 0.1) is 5.92 Å². The van der Waals surface area contributed by atoms with Gasteiger partial charge in [-0.2, -0.15) is 4.31 Å². The standard InChI is InChI=1S/C23H29N3O3S2/c1-18(20-7-8-20)26(17-19-5-3-2-4-6-19)23(30)24-21-9-11-22(12-10-21)31(27,28)25-13-15-29-16-14-25/h2-6,9-12,18,20H,7-8,13-17H2,1H3,(H,24,30). The molecule has 0 radical (unpaired) electrons. The summed E-state index contributed by atoms with van der Waals surface area (Å²) in [4.78, 5) is 2.53. The van der Waals surface area contributed by atoms with Crippen molar-refractivity contribution >= 4 is 33.0 Å². The molecule has 1 unspecified atom stereocenters. The zero-order valence-corrected chi connectivity index (χ0v) is 19.4. The molecule has 1 aliphatic carbocycles. The third-order valence-electron chi connectivity index (χ3n) is 5.97. The average molecular weight is 460 g/mol. The van der Waals surface area contributed by atoms with E-state index < -0.39 is 10.0 Å². The van der Waals surface area contributed by atoms with Gasteiger partial charge >= 0.3 is 0 Å². The third-order valence-corrected chi connectivity index (χ3v) is 8.22. The van der Waals surface area contributed by atoms with Crippen molar-refractivity contribution in [1.82, 2.24) is 9.21 Å². The van der Waals surface area contributed by atoms with Crippen LogP contribution in [0.1, 0.15) is 25.3 Å². The summed E-state index contributed by atoms with van der Waals surface area (Å²) in [5, 5.41) is 3.97. The topological polar surface area (TPSA) is 61.9 Å². The molecule has 2 aromatic rings. The van der Waals surface area contributed by atoms with E-state index in [2.05, 4.69) is 29.3 Å². The van der Waals surface area contributed by atoms with E-state index in [1.54, 1.807) is 24.3 Å². The van der Waals surface area contributed by atoms with Crippen LogP contribution in [0.15, 0.2) is 59.5 Å². The van der Waals surface area contributed by atoms with E-state index in [1.807, 2.05) is 18.2 Å². The lowest BCUT2D eigenvalue weighted by molar-refractivity contribution is 0.0730. The van der Waals surface area contributed by atoms with Gasteiger partial charge < -0.3 is 15.0 Å². The molecule has 1 aliphatic heterocycles. The van der Waals surface area contributed by atoms with Crippen LogP contribution in [0.5, 0.6) is 0 Å². The molecular formula is C23H29N3O3S2. The van der Waals surface area contributed by atoms with Gasteiger partial charge in [0.1, 0.15) is 0 Å². The van der Waals surface area contributed by atoms with Crippen LogP contribution in [0.4, 0.5) is 5.69 Å². The maximum atomic E-state index is 12.8. The summed E-state index contributed by atoms with van der Waals surface area (Å²) < 4.78 is 32.4. The minimum atomic E-state index is -3.50. The molecule has 2 fully saturated rings. The number of anilines is 1. The number of sulfonamides is 1. The van der Waals surface area contributed by atoms with Gasteiger partial charge in [0.15, 0.2) is 5.11 Å². The highest BCUT2D eigenvalue weighted by Crippen LogP contribution is 2.36. The third kappa shape index (κ3) is 5.44. The highest BCUT2D eigenvalue weighted by Gasteiger charge is 2.33. The summed E-state index contributed by atoms with van der Waals surface area (Å²) in [7, 11) is -3.50. The average Bonchev–Trinajstić information content (AvgIpc) is 3.64. The second-order valence-electron chi connectivity index (χ2n) is 8.16. The SMILES string of the molecule is CC(C1CC1)N(Cc1ccccc1)C(=S)Nc1ccc(S(=O)(=O)N2CCOCC2)cc1. The number of hydrogen-bond acceptors (Lipinski definition) is 4.